The molecule has 3 aromatic carbocycles. The Kier molecular flexibility index (Phi) is 6.23. The van der Waals surface area contributed by atoms with Gasteiger partial charge < -0.3 is 14.6 Å². The third-order valence-electron chi connectivity index (χ3n) is 5.57. The minimum atomic E-state index is -0.304. The van der Waals surface area contributed by atoms with Crippen LogP contribution in [0.25, 0.3) is 0 Å². The smallest absolute Gasteiger partial charge is 0.162 e. The van der Waals surface area contributed by atoms with Gasteiger partial charge in [0.15, 0.2) is 11.5 Å². The van der Waals surface area contributed by atoms with E-state index in [2.05, 4.69) is 36.5 Å². The molecule has 1 aliphatic rings. The lowest BCUT2D eigenvalue weighted by molar-refractivity contribution is 0.313. The van der Waals surface area contributed by atoms with Gasteiger partial charge in [0.05, 0.1) is 13.7 Å². The summed E-state index contributed by atoms with van der Waals surface area (Å²) >= 11 is 0. The van der Waals surface area contributed by atoms with E-state index in [1.54, 1.807) is 13.2 Å². The van der Waals surface area contributed by atoms with Crippen LogP contribution in [0.15, 0.2) is 71.7 Å². The molecule has 0 aromatic heterocycles. The summed E-state index contributed by atoms with van der Waals surface area (Å²) in [7, 11) is 1.67. The molecular weight excluding hydrogens is 388 g/mol. The Balaban J connectivity index is 1.78. The predicted octanol–water partition coefficient (Wildman–Crippen LogP) is 5.33. The highest BCUT2D eigenvalue weighted by atomic mass is 16.5. The number of methoxy groups -OCH3 is 1. The summed E-state index contributed by atoms with van der Waals surface area (Å²) in [6.45, 7) is 4.48. The number of phenols is 1. The van der Waals surface area contributed by atoms with Crippen molar-refractivity contribution in [2.45, 2.75) is 32.5 Å². The third kappa shape index (κ3) is 4.42. The van der Waals surface area contributed by atoms with Crippen LogP contribution in [0, 0.1) is 6.92 Å². The maximum Gasteiger partial charge on any atom is 0.162 e. The first-order valence-corrected chi connectivity index (χ1v) is 10.6. The minimum Gasteiger partial charge on any atom is -0.504 e. The monoisotopic (exact) mass is 416 g/mol. The molecular formula is C26H28N2O3. The highest BCUT2D eigenvalue weighted by Gasteiger charge is 2.29. The molecule has 0 bridgehead atoms. The van der Waals surface area contributed by atoms with Crippen LogP contribution < -0.4 is 14.8 Å². The first-order chi connectivity index (χ1) is 15.1. The van der Waals surface area contributed by atoms with Gasteiger partial charge in [-0.2, -0.15) is 0 Å². The fraction of sp³-hybridized carbons (Fsp3) is 0.269. The number of rotatable bonds is 6. The van der Waals surface area contributed by atoms with E-state index in [-0.39, 0.29) is 18.0 Å². The molecule has 160 valence electrons. The van der Waals surface area contributed by atoms with E-state index in [1.165, 1.54) is 5.56 Å². The molecule has 2 atom stereocenters. The number of para-hydroxylation sites is 2. The number of nitrogens with one attached hydrogen (secondary N) is 1. The lowest BCUT2D eigenvalue weighted by Crippen LogP contribution is -2.33. The quantitative estimate of drug-likeness (QED) is 0.570. The highest BCUT2D eigenvalue weighted by molar-refractivity contribution is 6.01. The SMILES string of the molecule is CCOc1cccc([C@@H]2CC(c3ccc(C)cc3)=N[C@H](c3ccccc3OC)N2)c1O. The second-order valence-corrected chi connectivity index (χ2v) is 7.64. The van der Waals surface area contributed by atoms with Crippen LogP contribution in [0.1, 0.15) is 47.8 Å². The average molecular weight is 417 g/mol. The van der Waals surface area contributed by atoms with E-state index in [4.69, 9.17) is 14.5 Å². The Morgan fingerprint density at radius 1 is 0.968 bits per heavy atom. The Hall–Kier alpha value is -3.31. The third-order valence-corrected chi connectivity index (χ3v) is 5.57. The van der Waals surface area contributed by atoms with Crippen molar-refractivity contribution >= 4 is 5.71 Å². The van der Waals surface area contributed by atoms with Crippen LogP contribution in [-0.2, 0) is 0 Å². The van der Waals surface area contributed by atoms with Crippen molar-refractivity contribution in [1.29, 1.82) is 0 Å². The van der Waals surface area contributed by atoms with Crippen LogP contribution in [-0.4, -0.2) is 24.5 Å². The molecule has 0 saturated heterocycles. The Morgan fingerprint density at radius 3 is 2.42 bits per heavy atom. The van der Waals surface area contributed by atoms with Crippen molar-refractivity contribution in [1.82, 2.24) is 5.32 Å². The van der Waals surface area contributed by atoms with Crippen LogP contribution in [0.3, 0.4) is 0 Å². The van der Waals surface area contributed by atoms with Gasteiger partial charge in [0.1, 0.15) is 11.9 Å². The van der Waals surface area contributed by atoms with Gasteiger partial charge >= 0.3 is 0 Å². The van der Waals surface area contributed by atoms with Crippen molar-refractivity contribution in [2.75, 3.05) is 13.7 Å². The van der Waals surface area contributed by atoms with Crippen LogP contribution in [0.4, 0.5) is 0 Å². The fourth-order valence-corrected chi connectivity index (χ4v) is 3.97. The Bertz CT molecular complexity index is 1080. The van der Waals surface area contributed by atoms with E-state index < -0.39 is 0 Å². The second kappa shape index (κ2) is 9.23. The van der Waals surface area contributed by atoms with Crippen molar-refractivity contribution in [3.63, 3.8) is 0 Å². The van der Waals surface area contributed by atoms with Gasteiger partial charge in [-0.1, -0.05) is 60.2 Å². The maximum atomic E-state index is 10.9. The van der Waals surface area contributed by atoms with Crippen molar-refractivity contribution in [3.05, 3.63) is 89.0 Å². The van der Waals surface area contributed by atoms with Crippen LogP contribution in [0.5, 0.6) is 17.2 Å². The number of benzene rings is 3. The topological polar surface area (TPSA) is 63.1 Å². The summed E-state index contributed by atoms with van der Waals surface area (Å²) in [6, 6.07) is 21.8. The van der Waals surface area contributed by atoms with E-state index in [9.17, 15) is 5.11 Å². The zero-order chi connectivity index (χ0) is 21.8. The number of aliphatic imine (C=N–C) groups is 1. The van der Waals surface area contributed by atoms with Crippen molar-refractivity contribution < 1.29 is 14.6 Å². The maximum absolute atomic E-state index is 10.9. The van der Waals surface area contributed by atoms with Crippen molar-refractivity contribution in [3.8, 4) is 17.2 Å². The number of nitrogens with zero attached hydrogens (tertiary/aromatic N) is 1. The standard InChI is InChI=1S/C26H28N2O3/c1-4-31-24-11-7-9-19(25(24)29)22-16-21(18-14-12-17(2)13-15-18)27-26(28-22)20-8-5-6-10-23(20)30-3/h5-15,22,26,28-29H,4,16H2,1-3H3/t22-,26-/m0/s1. The van der Waals surface area contributed by atoms with E-state index in [1.807, 2.05) is 43.3 Å². The highest BCUT2D eigenvalue weighted by Crippen LogP contribution is 2.40. The lowest BCUT2D eigenvalue weighted by Gasteiger charge is -2.31. The summed E-state index contributed by atoms with van der Waals surface area (Å²) in [6.07, 6.45) is 0.346. The second-order valence-electron chi connectivity index (χ2n) is 7.64. The molecule has 0 radical (unpaired) electrons. The largest absolute Gasteiger partial charge is 0.504 e. The average Bonchev–Trinajstić information content (AvgIpc) is 2.80. The molecule has 0 unspecified atom stereocenters. The summed E-state index contributed by atoms with van der Waals surface area (Å²) in [5.74, 6) is 1.45. The molecule has 0 aliphatic carbocycles. The number of hydrogen-bond acceptors (Lipinski definition) is 5. The number of phenolic OH excluding ortho intramolecular Hbond substituents is 1. The van der Waals surface area contributed by atoms with Gasteiger partial charge in [-0.05, 0) is 31.5 Å². The molecule has 0 spiro atoms. The van der Waals surface area contributed by atoms with E-state index >= 15 is 0 Å². The predicted molar refractivity (Wildman–Crippen MR) is 123 cm³/mol. The first kappa shape index (κ1) is 20.9. The molecule has 0 saturated carbocycles. The number of aromatic hydroxyl groups is 1. The van der Waals surface area contributed by atoms with Crippen molar-refractivity contribution in [2.24, 2.45) is 4.99 Å². The normalized spacial score (nSPS) is 18.4. The molecule has 4 rings (SSSR count). The van der Waals surface area contributed by atoms with Gasteiger partial charge in [-0.25, -0.2) is 0 Å². The molecule has 2 N–H and O–H groups in total. The van der Waals surface area contributed by atoms with Gasteiger partial charge in [-0.3, -0.25) is 10.3 Å². The Labute approximate surface area is 183 Å². The molecule has 1 aliphatic heterocycles. The van der Waals surface area contributed by atoms with E-state index in [0.717, 1.165) is 28.2 Å². The summed E-state index contributed by atoms with van der Waals surface area (Å²) in [4.78, 5) is 5.04. The number of aryl methyl sites for hydroxylation is 1. The number of hydrogen-bond donors (Lipinski definition) is 2. The number of ether oxygens (including phenoxy) is 2. The summed E-state index contributed by atoms with van der Waals surface area (Å²) in [5.41, 5.74) is 5.03. The van der Waals surface area contributed by atoms with E-state index in [0.29, 0.717) is 18.8 Å². The fourth-order valence-electron chi connectivity index (χ4n) is 3.97. The first-order valence-electron chi connectivity index (χ1n) is 10.6. The molecule has 5 nitrogen and oxygen atoms in total. The Morgan fingerprint density at radius 2 is 1.68 bits per heavy atom. The van der Waals surface area contributed by atoms with Crippen LogP contribution >= 0.6 is 0 Å². The van der Waals surface area contributed by atoms with Gasteiger partial charge in [0.2, 0.25) is 0 Å². The molecule has 1 heterocycles. The van der Waals surface area contributed by atoms with Gasteiger partial charge in [0, 0.05) is 29.3 Å². The molecule has 5 heteroatoms. The summed E-state index contributed by atoms with van der Waals surface area (Å²) < 4.78 is 11.2. The molecule has 31 heavy (non-hydrogen) atoms. The summed E-state index contributed by atoms with van der Waals surface area (Å²) in [5, 5.41) is 14.5. The van der Waals surface area contributed by atoms with Gasteiger partial charge in [0.25, 0.3) is 0 Å². The van der Waals surface area contributed by atoms with Gasteiger partial charge in [-0.15, -0.1) is 0 Å². The minimum absolute atomic E-state index is 0.135. The zero-order valence-electron chi connectivity index (χ0n) is 18.1. The zero-order valence-corrected chi connectivity index (χ0v) is 18.1. The van der Waals surface area contributed by atoms with Crippen LogP contribution in [0.2, 0.25) is 0 Å². The molecule has 3 aromatic rings. The molecule has 0 amide bonds. The molecule has 0 fully saturated rings. The lowest BCUT2D eigenvalue weighted by atomic mass is 9.93.